The Kier molecular flexibility index (Phi) is 4.70. The highest BCUT2D eigenvalue weighted by Crippen LogP contribution is 2.44. The molecule has 0 radical (unpaired) electrons. The van der Waals surface area contributed by atoms with E-state index in [4.69, 9.17) is 34.8 Å². The Morgan fingerprint density at radius 2 is 1.79 bits per heavy atom. The SMILES string of the molecule is O=c1cc(-c2cc(F)c(F)cc2F)nc2c(-c3cccs3)c(C(Cl)(Cl)Cl)[nH]n12. The highest BCUT2D eigenvalue weighted by Gasteiger charge is 2.32. The van der Waals surface area contributed by atoms with Crippen molar-refractivity contribution in [2.45, 2.75) is 3.79 Å². The van der Waals surface area contributed by atoms with Crippen molar-refractivity contribution in [3.05, 3.63) is 69.2 Å². The molecule has 0 atom stereocenters. The summed E-state index contributed by atoms with van der Waals surface area (Å²) in [5, 5.41) is 4.47. The van der Waals surface area contributed by atoms with Gasteiger partial charge < -0.3 is 0 Å². The van der Waals surface area contributed by atoms with Gasteiger partial charge >= 0.3 is 0 Å². The van der Waals surface area contributed by atoms with Crippen molar-refractivity contribution in [2.75, 3.05) is 0 Å². The molecule has 11 heteroatoms. The zero-order chi connectivity index (χ0) is 20.2. The van der Waals surface area contributed by atoms with Gasteiger partial charge in [-0.1, -0.05) is 40.9 Å². The smallest absolute Gasteiger partial charge is 0.273 e. The lowest BCUT2D eigenvalue weighted by Crippen LogP contribution is -2.15. The molecule has 0 fully saturated rings. The Morgan fingerprint density at radius 3 is 2.43 bits per heavy atom. The van der Waals surface area contributed by atoms with E-state index in [1.165, 1.54) is 11.3 Å². The first-order valence-electron chi connectivity index (χ1n) is 7.58. The summed E-state index contributed by atoms with van der Waals surface area (Å²) in [6.45, 7) is 0. The van der Waals surface area contributed by atoms with Gasteiger partial charge in [0.25, 0.3) is 5.56 Å². The molecule has 28 heavy (non-hydrogen) atoms. The molecule has 1 aromatic carbocycles. The largest absolute Gasteiger partial charge is 0.289 e. The maximum Gasteiger partial charge on any atom is 0.273 e. The standard InChI is InChI=1S/C17H7Cl3F3N3OS/c18-17(19,20)15-14(12-2-1-3-28-12)16-24-11(6-13(27)26(16)25-15)7-4-9(22)10(23)5-8(7)21/h1-6,25H. The maximum atomic E-state index is 14.2. The van der Waals surface area contributed by atoms with Crippen molar-refractivity contribution >= 4 is 51.8 Å². The van der Waals surface area contributed by atoms with Gasteiger partial charge in [0.05, 0.1) is 17.0 Å². The number of hydrogen-bond donors (Lipinski definition) is 1. The highest BCUT2D eigenvalue weighted by atomic mass is 35.6. The van der Waals surface area contributed by atoms with E-state index in [0.29, 0.717) is 22.6 Å². The second-order valence-electron chi connectivity index (χ2n) is 5.72. The average molecular weight is 465 g/mol. The summed E-state index contributed by atoms with van der Waals surface area (Å²) >= 11 is 19.4. The molecular weight excluding hydrogens is 458 g/mol. The molecule has 0 aliphatic carbocycles. The van der Waals surface area contributed by atoms with Gasteiger partial charge in [0.2, 0.25) is 3.79 Å². The van der Waals surface area contributed by atoms with Crippen molar-refractivity contribution in [1.82, 2.24) is 14.6 Å². The van der Waals surface area contributed by atoms with Gasteiger partial charge in [-0.05, 0) is 17.5 Å². The molecule has 0 spiro atoms. The monoisotopic (exact) mass is 463 g/mol. The van der Waals surface area contributed by atoms with Crippen LogP contribution in [0.4, 0.5) is 13.2 Å². The second-order valence-corrected chi connectivity index (χ2v) is 8.95. The van der Waals surface area contributed by atoms with Crippen LogP contribution < -0.4 is 5.56 Å². The number of thiophene rings is 1. The molecule has 0 amide bonds. The van der Waals surface area contributed by atoms with Crippen LogP contribution in [0.3, 0.4) is 0 Å². The van der Waals surface area contributed by atoms with Crippen LogP contribution in [0.15, 0.2) is 40.5 Å². The molecule has 3 heterocycles. The number of nitrogens with zero attached hydrogens (tertiary/aromatic N) is 2. The minimum Gasteiger partial charge on any atom is -0.289 e. The number of alkyl halides is 3. The third-order valence-corrected chi connectivity index (χ3v) is 5.41. The molecule has 1 N–H and O–H groups in total. The summed E-state index contributed by atoms with van der Waals surface area (Å²) in [6, 6.07) is 5.47. The number of halogens is 6. The predicted octanol–water partition coefficient (Wildman–Crippen LogP) is 5.66. The first kappa shape index (κ1) is 19.3. The van der Waals surface area contributed by atoms with E-state index in [0.717, 1.165) is 10.6 Å². The number of benzene rings is 1. The Bertz CT molecular complexity index is 1260. The number of rotatable bonds is 2. The van der Waals surface area contributed by atoms with Gasteiger partial charge in [-0.2, -0.15) is 0 Å². The fourth-order valence-corrected chi connectivity index (χ4v) is 3.94. The summed E-state index contributed by atoms with van der Waals surface area (Å²) in [5.41, 5.74) is -0.733. The van der Waals surface area contributed by atoms with E-state index in [2.05, 4.69) is 10.1 Å². The molecule has 0 bridgehead atoms. The molecule has 0 unspecified atom stereocenters. The number of hydrogen-bond acceptors (Lipinski definition) is 3. The Labute approximate surface area is 174 Å². The lowest BCUT2D eigenvalue weighted by Gasteiger charge is -2.10. The van der Waals surface area contributed by atoms with E-state index in [1.54, 1.807) is 17.5 Å². The molecular formula is C17H7Cl3F3N3OS. The van der Waals surface area contributed by atoms with Gasteiger partial charge in [-0.15, -0.1) is 11.3 Å². The van der Waals surface area contributed by atoms with Crippen molar-refractivity contribution in [3.63, 3.8) is 0 Å². The Hall–Kier alpha value is -2.00. The average Bonchev–Trinajstić information content (AvgIpc) is 3.24. The third kappa shape index (κ3) is 3.20. The Balaban J connectivity index is 2.08. The summed E-state index contributed by atoms with van der Waals surface area (Å²) < 4.78 is 40.2. The molecule has 3 aromatic heterocycles. The minimum atomic E-state index is -1.91. The normalized spacial score (nSPS) is 12.1. The van der Waals surface area contributed by atoms with Crippen LogP contribution in [0.1, 0.15) is 5.69 Å². The highest BCUT2D eigenvalue weighted by molar-refractivity contribution is 7.13. The molecule has 4 aromatic rings. The number of H-pyrrole nitrogens is 1. The topological polar surface area (TPSA) is 50.2 Å². The third-order valence-electron chi connectivity index (χ3n) is 3.95. The van der Waals surface area contributed by atoms with E-state index in [1.807, 2.05) is 0 Å². The maximum absolute atomic E-state index is 14.2. The quantitative estimate of drug-likeness (QED) is 0.307. The zero-order valence-corrected chi connectivity index (χ0v) is 16.5. The van der Waals surface area contributed by atoms with Gasteiger partial charge in [-0.3, -0.25) is 9.89 Å². The predicted molar refractivity (Wildman–Crippen MR) is 104 cm³/mol. The molecule has 4 nitrogen and oxygen atoms in total. The Morgan fingerprint density at radius 1 is 1.07 bits per heavy atom. The number of aromatic nitrogens is 3. The van der Waals surface area contributed by atoms with Crippen LogP contribution >= 0.6 is 46.1 Å². The molecule has 0 aliphatic heterocycles. The molecule has 0 saturated heterocycles. The van der Waals surface area contributed by atoms with Gasteiger partial charge in [0, 0.05) is 22.6 Å². The summed E-state index contributed by atoms with van der Waals surface area (Å²) in [4.78, 5) is 17.5. The first-order chi connectivity index (χ1) is 13.2. The van der Waals surface area contributed by atoms with Crippen LogP contribution in [0.5, 0.6) is 0 Å². The van der Waals surface area contributed by atoms with Crippen LogP contribution in [0, 0.1) is 17.5 Å². The lowest BCUT2D eigenvalue weighted by molar-refractivity contribution is 0.496. The van der Waals surface area contributed by atoms with Gasteiger partial charge in [0.1, 0.15) is 5.82 Å². The summed E-state index contributed by atoms with van der Waals surface area (Å²) in [6.07, 6.45) is 0. The van der Waals surface area contributed by atoms with Crippen LogP contribution in [-0.4, -0.2) is 14.6 Å². The van der Waals surface area contributed by atoms with E-state index in [9.17, 15) is 18.0 Å². The molecule has 144 valence electrons. The van der Waals surface area contributed by atoms with E-state index in [-0.39, 0.29) is 22.6 Å². The van der Waals surface area contributed by atoms with Crippen molar-refractivity contribution < 1.29 is 13.2 Å². The lowest BCUT2D eigenvalue weighted by atomic mass is 10.1. The molecule has 4 rings (SSSR count). The van der Waals surface area contributed by atoms with E-state index < -0.39 is 26.8 Å². The van der Waals surface area contributed by atoms with Crippen molar-refractivity contribution in [1.29, 1.82) is 0 Å². The summed E-state index contributed by atoms with van der Waals surface area (Å²) in [5.74, 6) is -3.68. The van der Waals surface area contributed by atoms with Gasteiger partial charge in [-0.25, -0.2) is 22.7 Å². The van der Waals surface area contributed by atoms with E-state index >= 15 is 0 Å². The minimum absolute atomic E-state index is 0.0513. The van der Waals surface area contributed by atoms with Crippen LogP contribution in [-0.2, 0) is 3.79 Å². The first-order valence-corrected chi connectivity index (χ1v) is 9.60. The van der Waals surface area contributed by atoms with Crippen LogP contribution in [0.2, 0.25) is 0 Å². The number of fused-ring (bicyclic) bond motifs is 1. The second kappa shape index (κ2) is 6.81. The zero-order valence-electron chi connectivity index (χ0n) is 13.4. The summed E-state index contributed by atoms with van der Waals surface area (Å²) in [7, 11) is 0. The van der Waals surface area contributed by atoms with Gasteiger partial charge in [0.15, 0.2) is 17.3 Å². The molecule has 0 aliphatic rings. The van der Waals surface area contributed by atoms with Crippen molar-refractivity contribution in [2.24, 2.45) is 0 Å². The number of aromatic amines is 1. The van der Waals surface area contributed by atoms with Crippen LogP contribution in [0.25, 0.3) is 27.3 Å². The molecule has 0 saturated carbocycles. The van der Waals surface area contributed by atoms with Crippen molar-refractivity contribution in [3.8, 4) is 21.7 Å². The fraction of sp³-hybridized carbons (Fsp3) is 0.0588. The fourth-order valence-electron chi connectivity index (χ4n) is 2.75. The number of nitrogens with one attached hydrogen (secondary N) is 1.